The molecule has 2 aromatic rings. The molecular formula is C18H18F4N4O2. The molecule has 10 heteroatoms. The number of benzene rings is 1. The van der Waals surface area contributed by atoms with E-state index in [0.29, 0.717) is 49.7 Å². The predicted octanol–water partition coefficient (Wildman–Crippen LogP) is 3.77. The highest BCUT2D eigenvalue weighted by Crippen LogP contribution is 2.34. The molecule has 1 aromatic heterocycles. The Hall–Kier alpha value is -2.75. The van der Waals surface area contributed by atoms with Gasteiger partial charge in [0.15, 0.2) is 0 Å². The van der Waals surface area contributed by atoms with Crippen LogP contribution in [-0.4, -0.2) is 29.2 Å². The Bertz CT molecular complexity index is 867. The number of hydrogen-bond acceptors (Lipinski definition) is 4. The van der Waals surface area contributed by atoms with Crippen LogP contribution >= 0.6 is 0 Å². The number of halogens is 4. The maximum atomic E-state index is 13.4. The van der Waals surface area contributed by atoms with Gasteiger partial charge in [-0.05, 0) is 44.0 Å². The molecule has 150 valence electrons. The number of aryl methyl sites for hydroxylation is 1. The summed E-state index contributed by atoms with van der Waals surface area (Å²) in [5.74, 6) is -0.880. The average Bonchev–Trinajstić information content (AvgIpc) is 2.63. The number of nitrogens with zero attached hydrogens (tertiary/aromatic N) is 2. The van der Waals surface area contributed by atoms with Gasteiger partial charge in [-0.25, -0.2) is 19.2 Å². The zero-order chi connectivity index (χ0) is 20.4. The second-order valence-corrected chi connectivity index (χ2v) is 6.46. The fourth-order valence-electron chi connectivity index (χ4n) is 3.09. The van der Waals surface area contributed by atoms with E-state index in [2.05, 4.69) is 20.6 Å². The lowest BCUT2D eigenvalue weighted by Gasteiger charge is -2.37. The zero-order valence-electron chi connectivity index (χ0n) is 14.9. The minimum absolute atomic E-state index is 0.174. The summed E-state index contributed by atoms with van der Waals surface area (Å²) in [5.41, 5.74) is -1.87. The van der Waals surface area contributed by atoms with Crippen LogP contribution in [0.25, 0.3) is 0 Å². The Morgan fingerprint density at radius 2 is 1.93 bits per heavy atom. The number of carbonyl (C=O) groups is 1. The van der Waals surface area contributed by atoms with Gasteiger partial charge in [0.2, 0.25) is 0 Å². The molecule has 0 aliphatic carbocycles. The lowest BCUT2D eigenvalue weighted by atomic mass is 9.86. The zero-order valence-corrected chi connectivity index (χ0v) is 14.9. The van der Waals surface area contributed by atoms with E-state index in [4.69, 9.17) is 4.74 Å². The van der Waals surface area contributed by atoms with Gasteiger partial charge in [-0.3, -0.25) is 0 Å². The highest BCUT2D eigenvalue weighted by atomic mass is 19.4. The molecule has 1 aliphatic heterocycles. The number of amides is 2. The molecule has 0 spiro atoms. The third-order valence-electron chi connectivity index (χ3n) is 4.50. The van der Waals surface area contributed by atoms with Crippen LogP contribution < -0.4 is 10.6 Å². The third kappa shape index (κ3) is 4.38. The highest BCUT2D eigenvalue weighted by molar-refractivity contribution is 5.90. The van der Waals surface area contributed by atoms with Crippen LogP contribution in [0, 0.1) is 12.7 Å². The predicted molar refractivity (Wildman–Crippen MR) is 92.1 cm³/mol. The molecule has 3 rings (SSSR count). The van der Waals surface area contributed by atoms with Gasteiger partial charge in [0, 0.05) is 25.1 Å². The highest BCUT2D eigenvalue weighted by Gasteiger charge is 2.38. The number of rotatable bonds is 3. The summed E-state index contributed by atoms with van der Waals surface area (Å²) < 4.78 is 57.4. The summed E-state index contributed by atoms with van der Waals surface area (Å²) in [6.07, 6.45) is -2.41. The number of nitrogens with one attached hydrogen (secondary N) is 2. The number of carbonyl (C=O) groups excluding carboxylic acids is 1. The van der Waals surface area contributed by atoms with Gasteiger partial charge in [-0.1, -0.05) is 0 Å². The molecule has 0 unspecified atom stereocenters. The fraction of sp³-hybridized carbons (Fsp3) is 0.389. The van der Waals surface area contributed by atoms with Crippen LogP contribution in [-0.2, 0) is 16.5 Å². The quantitative estimate of drug-likeness (QED) is 0.772. The molecule has 0 radical (unpaired) electrons. The normalized spacial score (nSPS) is 16.5. The molecule has 0 bridgehead atoms. The van der Waals surface area contributed by atoms with Crippen LogP contribution in [0.15, 0.2) is 30.5 Å². The van der Waals surface area contributed by atoms with Gasteiger partial charge >= 0.3 is 12.2 Å². The number of urea groups is 1. The van der Waals surface area contributed by atoms with E-state index in [1.54, 1.807) is 19.2 Å². The van der Waals surface area contributed by atoms with Gasteiger partial charge in [-0.2, -0.15) is 13.2 Å². The van der Waals surface area contributed by atoms with E-state index >= 15 is 0 Å². The molecule has 2 heterocycles. The van der Waals surface area contributed by atoms with E-state index < -0.39 is 29.1 Å². The summed E-state index contributed by atoms with van der Waals surface area (Å²) in [4.78, 5) is 20.9. The topological polar surface area (TPSA) is 76.1 Å². The molecule has 2 amide bonds. The number of aromatic nitrogens is 2. The fourth-order valence-corrected chi connectivity index (χ4v) is 3.09. The van der Waals surface area contributed by atoms with Crippen molar-refractivity contribution >= 4 is 11.7 Å². The van der Waals surface area contributed by atoms with Crippen molar-refractivity contribution in [2.24, 2.45) is 0 Å². The SMILES string of the molecule is Cc1nccc(C2(NC(=O)Nc3ccc(F)c(C(F)(F)F)c3)CCOCC2)n1. The number of anilines is 1. The molecule has 1 aromatic carbocycles. The van der Waals surface area contributed by atoms with Gasteiger partial charge in [-0.15, -0.1) is 0 Å². The molecule has 1 aliphatic rings. The van der Waals surface area contributed by atoms with Crippen molar-refractivity contribution in [3.05, 3.63) is 53.4 Å². The Balaban J connectivity index is 1.82. The summed E-state index contributed by atoms with van der Waals surface area (Å²) >= 11 is 0. The first-order valence-corrected chi connectivity index (χ1v) is 8.53. The summed E-state index contributed by atoms with van der Waals surface area (Å²) in [6.45, 7) is 2.49. The van der Waals surface area contributed by atoms with E-state index in [1.165, 1.54) is 0 Å². The van der Waals surface area contributed by atoms with Crippen molar-refractivity contribution in [3.8, 4) is 0 Å². The smallest absolute Gasteiger partial charge is 0.381 e. The van der Waals surface area contributed by atoms with Crippen molar-refractivity contribution in [1.82, 2.24) is 15.3 Å². The van der Waals surface area contributed by atoms with Crippen molar-refractivity contribution in [2.45, 2.75) is 31.5 Å². The number of hydrogen-bond donors (Lipinski definition) is 2. The Labute approximate surface area is 158 Å². The lowest BCUT2D eigenvalue weighted by molar-refractivity contribution is -0.139. The third-order valence-corrected chi connectivity index (χ3v) is 4.50. The first-order chi connectivity index (χ1) is 13.2. The second-order valence-electron chi connectivity index (χ2n) is 6.46. The first kappa shape index (κ1) is 20.0. The Morgan fingerprint density at radius 3 is 2.57 bits per heavy atom. The van der Waals surface area contributed by atoms with Crippen molar-refractivity contribution < 1.29 is 27.1 Å². The molecule has 1 saturated heterocycles. The maximum Gasteiger partial charge on any atom is 0.419 e. The summed E-state index contributed by atoms with van der Waals surface area (Å²) in [7, 11) is 0. The first-order valence-electron chi connectivity index (χ1n) is 8.53. The number of ether oxygens (including phenoxy) is 1. The average molecular weight is 398 g/mol. The number of alkyl halides is 3. The molecule has 6 nitrogen and oxygen atoms in total. The molecular weight excluding hydrogens is 380 g/mol. The van der Waals surface area contributed by atoms with Crippen LogP contribution in [0.2, 0.25) is 0 Å². The van der Waals surface area contributed by atoms with Gasteiger partial charge in [0.25, 0.3) is 0 Å². The van der Waals surface area contributed by atoms with E-state index in [-0.39, 0.29) is 5.69 Å². The maximum absolute atomic E-state index is 13.4. The Morgan fingerprint density at radius 1 is 1.21 bits per heavy atom. The van der Waals surface area contributed by atoms with Crippen molar-refractivity contribution in [2.75, 3.05) is 18.5 Å². The molecule has 0 atom stereocenters. The van der Waals surface area contributed by atoms with Gasteiger partial charge in [0.05, 0.1) is 16.8 Å². The molecule has 2 N–H and O–H groups in total. The van der Waals surface area contributed by atoms with Crippen LogP contribution in [0.5, 0.6) is 0 Å². The summed E-state index contributed by atoms with van der Waals surface area (Å²) in [5, 5.41) is 5.14. The minimum Gasteiger partial charge on any atom is -0.381 e. The monoisotopic (exact) mass is 398 g/mol. The molecule has 28 heavy (non-hydrogen) atoms. The molecule has 1 fully saturated rings. The van der Waals surface area contributed by atoms with E-state index in [1.807, 2.05) is 0 Å². The minimum atomic E-state index is -4.86. The lowest BCUT2D eigenvalue weighted by Crippen LogP contribution is -2.51. The van der Waals surface area contributed by atoms with Crippen LogP contribution in [0.3, 0.4) is 0 Å². The van der Waals surface area contributed by atoms with Gasteiger partial charge < -0.3 is 15.4 Å². The van der Waals surface area contributed by atoms with Crippen LogP contribution in [0.4, 0.5) is 28.0 Å². The van der Waals surface area contributed by atoms with Crippen molar-refractivity contribution in [3.63, 3.8) is 0 Å². The second kappa shape index (κ2) is 7.70. The van der Waals surface area contributed by atoms with Crippen LogP contribution in [0.1, 0.15) is 29.9 Å². The summed E-state index contributed by atoms with van der Waals surface area (Å²) in [6, 6.07) is 3.24. The van der Waals surface area contributed by atoms with E-state index in [9.17, 15) is 22.4 Å². The van der Waals surface area contributed by atoms with Gasteiger partial charge in [0.1, 0.15) is 11.6 Å². The standard InChI is InChI=1S/C18H18F4N4O2/c1-11-23-7-4-15(24-11)17(5-8-28-9-6-17)26-16(27)25-12-2-3-14(19)13(10-12)18(20,21)22/h2-4,7,10H,5-6,8-9H2,1H3,(H2,25,26,27). The largest absolute Gasteiger partial charge is 0.419 e. The van der Waals surface area contributed by atoms with E-state index in [0.717, 1.165) is 6.07 Å². The van der Waals surface area contributed by atoms with Crippen molar-refractivity contribution in [1.29, 1.82) is 0 Å². The molecule has 0 saturated carbocycles. The Kier molecular flexibility index (Phi) is 5.50.